The number of hydrogen-bond acceptors (Lipinski definition) is 5. The molecular weight excluding hydrogens is 420 g/mol. The number of amides is 1. The number of benzene rings is 1. The first kappa shape index (κ1) is 24.6. The number of ether oxygens (including phenoxy) is 2. The van der Waals surface area contributed by atoms with E-state index in [1.54, 1.807) is 4.90 Å². The summed E-state index contributed by atoms with van der Waals surface area (Å²) in [5, 5.41) is 0.871. The molecule has 0 bridgehead atoms. The van der Waals surface area contributed by atoms with Gasteiger partial charge in [-0.3, -0.25) is 9.59 Å². The number of hydrogen-bond donors (Lipinski definition) is 0. The van der Waals surface area contributed by atoms with E-state index in [9.17, 15) is 14.4 Å². The highest BCUT2D eigenvalue weighted by molar-refractivity contribution is 5.98. The number of nitrogens with zero attached hydrogens (tertiary/aromatic N) is 2. The van der Waals surface area contributed by atoms with Crippen LogP contribution in [-0.4, -0.2) is 54.2 Å². The maximum Gasteiger partial charge on any atom is 0.418 e. The highest BCUT2D eigenvalue weighted by Crippen LogP contribution is 2.47. The van der Waals surface area contributed by atoms with E-state index in [0.717, 1.165) is 16.5 Å². The average Bonchev–Trinajstić information content (AvgIpc) is 3.05. The lowest BCUT2D eigenvalue weighted by Crippen LogP contribution is -2.58. The molecule has 1 amide bonds. The molecule has 33 heavy (non-hydrogen) atoms. The molecule has 178 valence electrons. The lowest BCUT2D eigenvalue weighted by Gasteiger charge is -2.44. The standard InChI is InChI=1S/C26H34N2O5/c1-8-18(16(3)4)22-26(9-2,24(30)32-6)23-20(14-15-27(22)17(5)29)19-12-10-11-13-21(19)28(23)25(31)33-7/h8,10-13,16,22H,9,14-15H2,1-7H3/b18-8-. The van der Waals surface area contributed by atoms with Gasteiger partial charge in [-0.15, -0.1) is 0 Å². The fourth-order valence-corrected chi connectivity index (χ4v) is 5.57. The molecule has 1 aromatic carbocycles. The van der Waals surface area contributed by atoms with Gasteiger partial charge in [0.05, 0.1) is 31.5 Å². The van der Waals surface area contributed by atoms with Gasteiger partial charge < -0.3 is 14.4 Å². The van der Waals surface area contributed by atoms with Gasteiger partial charge in [0, 0.05) is 18.9 Å². The molecule has 1 aliphatic heterocycles. The van der Waals surface area contributed by atoms with E-state index in [1.165, 1.54) is 25.7 Å². The van der Waals surface area contributed by atoms with Crippen LogP contribution in [-0.2, 0) is 30.9 Å². The van der Waals surface area contributed by atoms with Crippen LogP contribution < -0.4 is 0 Å². The Morgan fingerprint density at radius 3 is 2.36 bits per heavy atom. The van der Waals surface area contributed by atoms with Crippen molar-refractivity contribution >= 4 is 28.9 Å². The minimum Gasteiger partial charge on any atom is -0.468 e. The molecule has 2 heterocycles. The second kappa shape index (κ2) is 9.41. The van der Waals surface area contributed by atoms with Crippen LogP contribution in [0.4, 0.5) is 4.79 Å². The lowest BCUT2D eigenvalue weighted by molar-refractivity contribution is -0.152. The van der Waals surface area contributed by atoms with Crippen molar-refractivity contribution in [3.8, 4) is 0 Å². The van der Waals surface area contributed by atoms with Crippen molar-refractivity contribution in [1.82, 2.24) is 9.47 Å². The summed E-state index contributed by atoms with van der Waals surface area (Å²) in [7, 11) is 2.69. The third-order valence-electron chi connectivity index (χ3n) is 6.97. The Morgan fingerprint density at radius 1 is 1.18 bits per heavy atom. The second-order valence-corrected chi connectivity index (χ2v) is 8.77. The van der Waals surface area contributed by atoms with Crippen LogP contribution in [0.15, 0.2) is 35.9 Å². The number of carbonyl (C=O) groups excluding carboxylic acids is 3. The molecule has 0 N–H and O–H groups in total. The van der Waals surface area contributed by atoms with Crippen LogP contribution in [0.1, 0.15) is 52.3 Å². The van der Waals surface area contributed by atoms with Gasteiger partial charge in [-0.1, -0.05) is 45.0 Å². The molecule has 7 nitrogen and oxygen atoms in total. The molecule has 1 aliphatic rings. The number of allylic oxidation sites excluding steroid dienone is 1. The van der Waals surface area contributed by atoms with Gasteiger partial charge in [-0.25, -0.2) is 9.36 Å². The normalized spacial score (nSPS) is 21.0. The van der Waals surface area contributed by atoms with Crippen molar-refractivity contribution in [1.29, 1.82) is 0 Å². The van der Waals surface area contributed by atoms with Crippen LogP contribution in [0.3, 0.4) is 0 Å². The zero-order chi connectivity index (χ0) is 24.5. The molecule has 3 rings (SSSR count). The van der Waals surface area contributed by atoms with E-state index in [2.05, 4.69) is 0 Å². The van der Waals surface area contributed by atoms with Crippen molar-refractivity contribution < 1.29 is 23.9 Å². The Bertz CT molecular complexity index is 1110. The van der Waals surface area contributed by atoms with Crippen molar-refractivity contribution in [3.63, 3.8) is 0 Å². The summed E-state index contributed by atoms with van der Waals surface area (Å²) in [4.78, 5) is 41.8. The number of esters is 1. The van der Waals surface area contributed by atoms with Gasteiger partial charge in [0.1, 0.15) is 5.41 Å². The van der Waals surface area contributed by atoms with Crippen molar-refractivity contribution in [2.75, 3.05) is 20.8 Å². The second-order valence-electron chi connectivity index (χ2n) is 8.77. The van der Waals surface area contributed by atoms with Gasteiger partial charge in [-0.05, 0) is 42.9 Å². The predicted molar refractivity (Wildman–Crippen MR) is 127 cm³/mol. The Hall–Kier alpha value is -3.09. The van der Waals surface area contributed by atoms with Crippen LogP contribution >= 0.6 is 0 Å². The number of para-hydroxylation sites is 1. The van der Waals surface area contributed by atoms with Gasteiger partial charge in [0.25, 0.3) is 0 Å². The van der Waals surface area contributed by atoms with E-state index in [1.807, 2.05) is 58.0 Å². The Labute approximate surface area is 195 Å². The smallest absolute Gasteiger partial charge is 0.418 e. The van der Waals surface area contributed by atoms with Gasteiger partial charge in [0.2, 0.25) is 5.91 Å². The number of methoxy groups -OCH3 is 2. The van der Waals surface area contributed by atoms with Crippen LogP contribution in [0, 0.1) is 5.92 Å². The third-order valence-corrected chi connectivity index (χ3v) is 6.97. The summed E-state index contributed by atoms with van der Waals surface area (Å²) in [6, 6.07) is 6.97. The fourth-order valence-electron chi connectivity index (χ4n) is 5.57. The SMILES string of the molecule is C/C=C(/C(C)C)C1N(C(C)=O)CCc2c(n(C(=O)OC)c3ccccc23)C1(CC)C(=O)OC. The topological polar surface area (TPSA) is 77.8 Å². The molecule has 0 fully saturated rings. The number of fused-ring (bicyclic) bond motifs is 3. The fraction of sp³-hybridized carbons (Fsp3) is 0.500. The number of aromatic nitrogens is 1. The van der Waals surface area contributed by atoms with Gasteiger partial charge in [0.15, 0.2) is 0 Å². The summed E-state index contributed by atoms with van der Waals surface area (Å²) in [6.07, 6.45) is 2.24. The summed E-state index contributed by atoms with van der Waals surface area (Å²) in [5.74, 6) is -0.534. The van der Waals surface area contributed by atoms with E-state index in [0.29, 0.717) is 30.6 Å². The van der Waals surface area contributed by atoms with Gasteiger partial charge in [-0.2, -0.15) is 0 Å². The first-order valence-corrected chi connectivity index (χ1v) is 11.4. The maximum absolute atomic E-state index is 13.8. The molecule has 0 saturated carbocycles. The summed E-state index contributed by atoms with van der Waals surface area (Å²) in [6.45, 7) is 9.88. The van der Waals surface area contributed by atoms with Crippen LogP contribution in [0.25, 0.3) is 10.9 Å². The summed E-state index contributed by atoms with van der Waals surface area (Å²) >= 11 is 0. The molecule has 7 heteroatoms. The van der Waals surface area contributed by atoms with E-state index in [-0.39, 0.29) is 11.8 Å². The van der Waals surface area contributed by atoms with Crippen molar-refractivity contribution in [2.45, 2.75) is 58.9 Å². The van der Waals surface area contributed by atoms with Crippen LogP contribution in [0.2, 0.25) is 0 Å². The van der Waals surface area contributed by atoms with Crippen molar-refractivity contribution in [3.05, 3.63) is 47.2 Å². The Morgan fingerprint density at radius 2 is 1.85 bits per heavy atom. The molecule has 2 unspecified atom stereocenters. The Kier molecular flexibility index (Phi) is 7.00. The quantitative estimate of drug-likeness (QED) is 0.504. The van der Waals surface area contributed by atoms with Crippen molar-refractivity contribution in [2.24, 2.45) is 5.92 Å². The molecule has 0 saturated heterocycles. The summed E-state index contributed by atoms with van der Waals surface area (Å²) in [5.41, 5.74) is 1.76. The minimum absolute atomic E-state index is 0.0648. The number of rotatable bonds is 4. The molecule has 2 aromatic rings. The monoisotopic (exact) mass is 454 g/mol. The first-order valence-electron chi connectivity index (χ1n) is 11.4. The molecule has 1 aromatic heterocycles. The highest BCUT2D eigenvalue weighted by Gasteiger charge is 2.56. The largest absolute Gasteiger partial charge is 0.468 e. The van der Waals surface area contributed by atoms with E-state index < -0.39 is 23.5 Å². The molecule has 0 spiro atoms. The maximum atomic E-state index is 13.8. The zero-order valence-corrected chi connectivity index (χ0v) is 20.6. The van der Waals surface area contributed by atoms with E-state index >= 15 is 0 Å². The number of carbonyl (C=O) groups is 3. The average molecular weight is 455 g/mol. The molecule has 2 atom stereocenters. The molecule has 0 radical (unpaired) electrons. The lowest BCUT2D eigenvalue weighted by atomic mass is 9.68. The molecule has 0 aliphatic carbocycles. The first-order chi connectivity index (χ1) is 15.7. The van der Waals surface area contributed by atoms with Gasteiger partial charge >= 0.3 is 12.1 Å². The van der Waals surface area contributed by atoms with E-state index in [4.69, 9.17) is 9.47 Å². The molecular formula is C26H34N2O5. The third kappa shape index (κ3) is 3.63. The predicted octanol–water partition coefficient (Wildman–Crippen LogP) is 4.45. The zero-order valence-electron chi connectivity index (χ0n) is 20.6. The minimum atomic E-state index is -1.30. The Balaban J connectivity index is 2.59. The van der Waals surface area contributed by atoms with Crippen LogP contribution in [0.5, 0.6) is 0 Å². The highest BCUT2D eigenvalue weighted by atomic mass is 16.5. The summed E-state index contributed by atoms with van der Waals surface area (Å²) < 4.78 is 12.1.